The van der Waals surface area contributed by atoms with Crippen LogP contribution in [0.3, 0.4) is 0 Å². The predicted molar refractivity (Wildman–Crippen MR) is 83.4 cm³/mol. The second-order valence-corrected chi connectivity index (χ2v) is 5.23. The highest BCUT2D eigenvalue weighted by atomic mass is 16.4. The minimum atomic E-state index is -1.03. The lowest BCUT2D eigenvalue weighted by Crippen LogP contribution is -2.54. The lowest BCUT2D eigenvalue weighted by atomic mass is 10.1. The third-order valence-electron chi connectivity index (χ3n) is 3.51. The molecule has 5 nitrogen and oxygen atoms in total. The highest BCUT2D eigenvalue weighted by Crippen LogP contribution is 2.26. The fourth-order valence-corrected chi connectivity index (χ4v) is 2.64. The molecule has 0 aliphatic carbocycles. The Morgan fingerprint density at radius 3 is 1.68 bits per heavy atom. The van der Waals surface area contributed by atoms with Crippen molar-refractivity contribution in [3.8, 4) is 0 Å². The van der Waals surface area contributed by atoms with Crippen LogP contribution < -0.4 is 4.48 Å². The molecule has 0 heterocycles. The summed E-state index contributed by atoms with van der Waals surface area (Å²) in [5.41, 5.74) is 1.57. The van der Waals surface area contributed by atoms with Crippen LogP contribution in [0.4, 0.5) is 5.69 Å². The van der Waals surface area contributed by atoms with E-state index in [-0.39, 0.29) is 17.6 Å². The van der Waals surface area contributed by atoms with Gasteiger partial charge in [0, 0.05) is 5.56 Å². The number of quaternary nitrogens is 1. The SMILES string of the molecule is O=C(O)C[N+](CC(=O)O)(Cc1ccccc1)c1ccccc1. The van der Waals surface area contributed by atoms with E-state index in [1.165, 1.54) is 0 Å². The zero-order valence-corrected chi connectivity index (χ0v) is 12.1. The largest absolute Gasteiger partial charge is 0.477 e. The Morgan fingerprint density at radius 2 is 1.23 bits per heavy atom. The van der Waals surface area contributed by atoms with Crippen LogP contribution in [0.1, 0.15) is 5.56 Å². The van der Waals surface area contributed by atoms with Crippen LogP contribution in [0.15, 0.2) is 60.7 Å². The quantitative estimate of drug-likeness (QED) is 0.770. The summed E-state index contributed by atoms with van der Waals surface area (Å²) in [6, 6.07) is 18.3. The van der Waals surface area contributed by atoms with Crippen molar-refractivity contribution in [1.29, 1.82) is 0 Å². The molecule has 0 bridgehead atoms. The minimum absolute atomic E-state index is 0.157. The number of hydrogen-bond donors (Lipinski definition) is 2. The molecule has 0 aliphatic rings. The molecule has 0 atom stereocenters. The molecule has 0 spiro atoms. The first-order valence-corrected chi connectivity index (χ1v) is 6.91. The molecule has 2 aromatic rings. The second-order valence-electron chi connectivity index (χ2n) is 5.23. The van der Waals surface area contributed by atoms with E-state index in [4.69, 9.17) is 0 Å². The summed E-state index contributed by atoms with van der Waals surface area (Å²) in [5.74, 6) is -2.05. The van der Waals surface area contributed by atoms with Gasteiger partial charge < -0.3 is 10.2 Å². The Morgan fingerprint density at radius 1 is 0.773 bits per heavy atom. The molecule has 114 valence electrons. The summed E-state index contributed by atoms with van der Waals surface area (Å²) in [5, 5.41) is 18.6. The fraction of sp³-hybridized carbons (Fsp3) is 0.176. The Kier molecular flexibility index (Phi) is 4.91. The average molecular weight is 300 g/mol. The number of benzene rings is 2. The molecule has 2 N–H and O–H groups in total. The van der Waals surface area contributed by atoms with Crippen LogP contribution in [0.2, 0.25) is 0 Å². The topological polar surface area (TPSA) is 74.6 Å². The number of carbonyl (C=O) groups is 2. The number of para-hydroxylation sites is 1. The third-order valence-corrected chi connectivity index (χ3v) is 3.51. The molecule has 0 unspecified atom stereocenters. The number of nitrogens with zero attached hydrogens (tertiary/aromatic N) is 1. The maximum Gasteiger partial charge on any atom is 0.359 e. The normalized spacial score (nSPS) is 11.1. The van der Waals surface area contributed by atoms with Gasteiger partial charge in [0.2, 0.25) is 0 Å². The lowest BCUT2D eigenvalue weighted by molar-refractivity contribution is -0.141. The Labute approximate surface area is 128 Å². The van der Waals surface area contributed by atoms with Crippen molar-refractivity contribution in [2.75, 3.05) is 13.1 Å². The van der Waals surface area contributed by atoms with Crippen LogP contribution in [0, 0.1) is 0 Å². The Hall–Kier alpha value is -2.66. The molecule has 0 fully saturated rings. The maximum absolute atomic E-state index is 11.4. The van der Waals surface area contributed by atoms with E-state index in [1.54, 1.807) is 24.3 Å². The van der Waals surface area contributed by atoms with E-state index in [2.05, 4.69) is 0 Å². The molecule has 2 rings (SSSR count). The highest BCUT2D eigenvalue weighted by Gasteiger charge is 2.36. The first kappa shape index (κ1) is 15.7. The van der Waals surface area contributed by atoms with Gasteiger partial charge in [0.15, 0.2) is 13.1 Å². The number of carboxylic acids is 2. The van der Waals surface area contributed by atoms with Crippen LogP contribution in [0.5, 0.6) is 0 Å². The van der Waals surface area contributed by atoms with E-state index in [9.17, 15) is 19.8 Å². The Bertz CT molecular complexity index is 624. The lowest BCUT2D eigenvalue weighted by Gasteiger charge is -2.35. The minimum Gasteiger partial charge on any atom is -0.477 e. The predicted octanol–water partition coefficient (Wildman–Crippen LogP) is 2.36. The van der Waals surface area contributed by atoms with Gasteiger partial charge >= 0.3 is 11.9 Å². The molecule has 2 aromatic carbocycles. The van der Waals surface area contributed by atoms with E-state index in [0.29, 0.717) is 12.2 Å². The molecule has 0 aliphatic heterocycles. The van der Waals surface area contributed by atoms with Crippen molar-refractivity contribution in [1.82, 2.24) is 4.48 Å². The zero-order chi connectivity index (χ0) is 16.0. The summed E-state index contributed by atoms with van der Waals surface area (Å²) in [6.45, 7) is -0.264. The van der Waals surface area contributed by atoms with Crippen molar-refractivity contribution in [3.63, 3.8) is 0 Å². The van der Waals surface area contributed by atoms with Crippen molar-refractivity contribution in [2.24, 2.45) is 0 Å². The van der Waals surface area contributed by atoms with Gasteiger partial charge in [-0.1, -0.05) is 48.5 Å². The van der Waals surface area contributed by atoms with Gasteiger partial charge in [-0.2, -0.15) is 0 Å². The van der Waals surface area contributed by atoms with E-state index >= 15 is 0 Å². The molecular formula is C17H18NO4+. The number of carboxylic acid groups (broad SMARTS) is 2. The van der Waals surface area contributed by atoms with Gasteiger partial charge in [-0.25, -0.2) is 9.59 Å². The zero-order valence-electron chi connectivity index (χ0n) is 12.1. The molecule has 0 saturated heterocycles. The standard InChI is InChI=1S/C17H17NO4/c19-16(20)12-18(13-17(21)22,15-9-5-2-6-10-15)11-14-7-3-1-4-8-14/h1-10H,11-13H2,(H-,19,20,21,22)/p+1. The van der Waals surface area contributed by atoms with Gasteiger partial charge in [0.05, 0.1) is 0 Å². The van der Waals surface area contributed by atoms with E-state index in [1.807, 2.05) is 36.4 Å². The van der Waals surface area contributed by atoms with Gasteiger partial charge in [-0.3, -0.25) is 4.48 Å². The van der Waals surface area contributed by atoms with Crippen molar-refractivity contribution < 1.29 is 19.8 Å². The molecule has 0 saturated carbocycles. The highest BCUT2D eigenvalue weighted by molar-refractivity contribution is 5.77. The first-order chi connectivity index (χ1) is 10.5. The summed E-state index contributed by atoms with van der Waals surface area (Å²) in [4.78, 5) is 22.7. The molecule has 0 aromatic heterocycles. The summed E-state index contributed by atoms with van der Waals surface area (Å²) in [7, 11) is 0. The monoisotopic (exact) mass is 300 g/mol. The smallest absolute Gasteiger partial charge is 0.359 e. The van der Waals surface area contributed by atoms with Crippen molar-refractivity contribution in [2.45, 2.75) is 6.54 Å². The van der Waals surface area contributed by atoms with Crippen molar-refractivity contribution in [3.05, 3.63) is 66.2 Å². The number of rotatable bonds is 7. The number of hydrogen-bond acceptors (Lipinski definition) is 2. The molecular weight excluding hydrogens is 282 g/mol. The van der Waals surface area contributed by atoms with Gasteiger partial charge in [0.25, 0.3) is 0 Å². The van der Waals surface area contributed by atoms with Gasteiger partial charge in [0.1, 0.15) is 12.2 Å². The fourth-order valence-electron chi connectivity index (χ4n) is 2.64. The molecule has 0 radical (unpaired) electrons. The van der Waals surface area contributed by atoms with Gasteiger partial charge in [-0.05, 0) is 12.1 Å². The summed E-state index contributed by atoms with van der Waals surface area (Å²) >= 11 is 0. The van der Waals surface area contributed by atoms with Crippen LogP contribution in [0.25, 0.3) is 0 Å². The second kappa shape index (κ2) is 6.87. The molecule has 22 heavy (non-hydrogen) atoms. The summed E-state index contributed by atoms with van der Waals surface area (Å²) in [6.07, 6.45) is 0. The Balaban J connectivity index is 2.48. The van der Waals surface area contributed by atoms with Crippen molar-refractivity contribution >= 4 is 17.6 Å². The van der Waals surface area contributed by atoms with Crippen LogP contribution >= 0.6 is 0 Å². The van der Waals surface area contributed by atoms with E-state index < -0.39 is 11.9 Å². The van der Waals surface area contributed by atoms with Crippen LogP contribution in [-0.2, 0) is 16.1 Å². The summed E-state index contributed by atoms with van der Waals surface area (Å²) < 4.78 is -0.157. The molecule has 0 amide bonds. The number of aliphatic carboxylic acids is 2. The van der Waals surface area contributed by atoms with Crippen LogP contribution in [-0.4, -0.2) is 35.2 Å². The first-order valence-electron chi connectivity index (χ1n) is 6.91. The van der Waals surface area contributed by atoms with E-state index in [0.717, 1.165) is 5.56 Å². The average Bonchev–Trinajstić information content (AvgIpc) is 2.47. The third kappa shape index (κ3) is 3.93. The molecule has 5 heteroatoms. The van der Waals surface area contributed by atoms with Gasteiger partial charge in [-0.15, -0.1) is 0 Å². The maximum atomic E-state index is 11.4.